The van der Waals surface area contributed by atoms with Crippen molar-refractivity contribution < 1.29 is 28.2 Å². The number of likely N-dealkylation sites (tertiary alicyclic amines) is 1. The topological polar surface area (TPSA) is 79.4 Å². The summed E-state index contributed by atoms with van der Waals surface area (Å²) in [4.78, 5) is 42.4. The minimum atomic E-state index is -0.838. The summed E-state index contributed by atoms with van der Waals surface area (Å²) in [5, 5.41) is 0.0201. The molecule has 12 heteroatoms. The van der Waals surface area contributed by atoms with Crippen molar-refractivity contribution in [2.45, 2.75) is 31.1 Å². The van der Waals surface area contributed by atoms with Crippen molar-refractivity contribution in [2.75, 3.05) is 59.5 Å². The van der Waals surface area contributed by atoms with Crippen LogP contribution in [0.3, 0.4) is 0 Å². The van der Waals surface area contributed by atoms with Crippen LogP contribution in [0.25, 0.3) is 0 Å². The lowest BCUT2D eigenvalue weighted by atomic mass is 9.97. The number of rotatable bonds is 9. The second-order valence-electron chi connectivity index (χ2n) is 8.67. The predicted octanol–water partition coefficient (Wildman–Crippen LogP) is 2.91. The molecule has 0 bridgehead atoms. The highest BCUT2D eigenvalue weighted by atomic mass is 35.5. The summed E-state index contributed by atoms with van der Waals surface area (Å²) < 4.78 is 24.5. The second kappa shape index (κ2) is 16.2. The minimum Gasteiger partial charge on any atom is -0.468 e. The number of hydrogen-bond donors (Lipinski definition) is 1. The maximum Gasteiger partial charge on any atom is 0.327 e. The normalized spacial score (nSPS) is 20.5. The molecule has 0 aromatic heterocycles. The van der Waals surface area contributed by atoms with Crippen LogP contribution >= 0.6 is 37.4 Å². The highest BCUT2D eigenvalue weighted by Gasteiger charge is 2.34. The maximum absolute atomic E-state index is 14.5. The van der Waals surface area contributed by atoms with Crippen molar-refractivity contribution in [3.05, 3.63) is 47.3 Å². The first-order valence-electron chi connectivity index (χ1n) is 11.9. The Labute approximate surface area is 235 Å². The average molecular weight is 581 g/mol. The van der Waals surface area contributed by atoms with E-state index < -0.39 is 17.8 Å². The molecule has 0 saturated carbocycles. The van der Waals surface area contributed by atoms with Gasteiger partial charge in [-0.3, -0.25) is 19.4 Å². The fourth-order valence-electron chi connectivity index (χ4n) is 4.45. The van der Waals surface area contributed by atoms with E-state index in [0.29, 0.717) is 57.9 Å². The molecule has 2 saturated heterocycles. The van der Waals surface area contributed by atoms with Crippen LogP contribution in [0.1, 0.15) is 31.4 Å². The summed E-state index contributed by atoms with van der Waals surface area (Å²) >= 11 is 4.72. The van der Waals surface area contributed by atoms with E-state index in [1.165, 1.54) is 13.2 Å². The smallest absolute Gasteiger partial charge is 0.327 e. The molecule has 2 fully saturated rings. The minimum absolute atomic E-state index is 0. The maximum atomic E-state index is 14.5. The number of piperidine rings is 1. The molecule has 0 spiro atoms. The van der Waals surface area contributed by atoms with E-state index in [-0.39, 0.29) is 54.9 Å². The molecule has 1 amide bonds. The van der Waals surface area contributed by atoms with E-state index in [1.807, 2.05) is 9.80 Å². The molecule has 37 heavy (non-hydrogen) atoms. The number of halogens is 3. The first-order valence-corrected chi connectivity index (χ1v) is 12.4. The van der Waals surface area contributed by atoms with Crippen LogP contribution in [0.4, 0.5) is 4.39 Å². The highest BCUT2D eigenvalue weighted by molar-refractivity contribution is 7.81. The summed E-state index contributed by atoms with van der Waals surface area (Å²) in [6.07, 6.45) is 2.96. The number of amides is 1. The summed E-state index contributed by atoms with van der Waals surface area (Å²) in [7, 11) is 1.31. The van der Waals surface area contributed by atoms with Crippen LogP contribution in [-0.2, 0) is 23.9 Å². The third kappa shape index (κ3) is 9.14. The lowest BCUT2D eigenvalue weighted by Gasteiger charge is -2.37. The van der Waals surface area contributed by atoms with Gasteiger partial charge in [0.25, 0.3) is 0 Å². The Balaban J connectivity index is 0.00000342. The van der Waals surface area contributed by atoms with Crippen LogP contribution in [0.2, 0.25) is 0 Å². The fraction of sp³-hybridized carbons (Fsp3) is 0.560. The molecule has 2 unspecified atom stereocenters. The molecule has 2 aliphatic rings. The largest absolute Gasteiger partial charge is 0.468 e. The zero-order chi connectivity index (χ0) is 25.4. The van der Waals surface area contributed by atoms with Crippen LogP contribution in [0.5, 0.6) is 0 Å². The molecule has 208 valence electrons. The van der Waals surface area contributed by atoms with Gasteiger partial charge in [0.1, 0.15) is 11.9 Å². The van der Waals surface area contributed by atoms with E-state index in [1.54, 1.807) is 30.0 Å². The lowest BCUT2D eigenvalue weighted by molar-refractivity contribution is -0.148. The third-order valence-corrected chi connectivity index (χ3v) is 6.98. The van der Waals surface area contributed by atoms with Gasteiger partial charge < -0.3 is 14.4 Å². The van der Waals surface area contributed by atoms with Gasteiger partial charge in [-0.2, -0.15) is 12.6 Å². The number of piperazine rings is 1. The number of ether oxygens (including phenoxy) is 2. The van der Waals surface area contributed by atoms with E-state index in [9.17, 15) is 18.8 Å². The van der Waals surface area contributed by atoms with Gasteiger partial charge in [0.2, 0.25) is 5.91 Å². The number of thiol groups is 1. The summed E-state index contributed by atoms with van der Waals surface area (Å²) in [5.41, 5.74) is 1.32. The summed E-state index contributed by atoms with van der Waals surface area (Å²) in [6, 6.07) is 5.42. The Morgan fingerprint density at radius 2 is 1.92 bits per heavy atom. The van der Waals surface area contributed by atoms with Gasteiger partial charge in [0.15, 0.2) is 0 Å². The van der Waals surface area contributed by atoms with Crippen molar-refractivity contribution in [3.63, 3.8) is 0 Å². The number of methoxy groups -OCH3 is 1. The molecular weight excluding hydrogens is 544 g/mol. The molecule has 1 aromatic carbocycles. The standard InChI is InChI=1S/C25H34FN3O5S.2ClH/c1-3-34-23(31)10-13-28-15-14-27(17-22(28)30)11-8-18-16-29(12-9-21(18)35)24(25(32)33-2)19-6-4-5-7-20(19)26;;/h4-8,21,24,35H,3,9-17H2,1-2H3;2*1H. The molecule has 2 heterocycles. The summed E-state index contributed by atoms with van der Waals surface area (Å²) in [6.45, 7) is 5.58. The Bertz CT molecular complexity index is 955. The van der Waals surface area contributed by atoms with Crippen LogP contribution in [-0.4, -0.2) is 97.3 Å². The van der Waals surface area contributed by atoms with Crippen LogP contribution < -0.4 is 0 Å². The quantitative estimate of drug-likeness (QED) is 0.274. The van der Waals surface area contributed by atoms with Crippen molar-refractivity contribution >= 4 is 55.3 Å². The van der Waals surface area contributed by atoms with E-state index in [4.69, 9.17) is 22.1 Å². The SMILES string of the molecule is CCOC(=O)CCN1CCN(CC=C2CN(C(C(=O)OC)c3ccccc3F)CCC2S)CC1=O.Cl.Cl. The van der Waals surface area contributed by atoms with Gasteiger partial charge in [-0.05, 0) is 25.0 Å². The lowest BCUT2D eigenvalue weighted by Crippen LogP contribution is -2.50. The Morgan fingerprint density at radius 3 is 2.57 bits per heavy atom. The predicted molar refractivity (Wildman–Crippen MR) is 147 cm³/mol. The monoisotopic (exact) mass is 579 g/mol. The van der Waals surface area contributed by atoms with E-state index in [0.717, 1.165) is 5.57 Å². The van der Waals surface area contributed by atoms with Crippen LogP contribution in [0.15, 0.2) is 35.9 Å². The van der Waals surface area contributed by atoms with Gasteiger partial charge >= 0.3 is 11.9 Å². The highest BCUT2D eigenvalue weighted by Crippen LogP contribution is 2.31. The molecule has 8 nitrogen and oxygen atoms in total. The van der Waals surface area contributed by atoms with Gasteiger partial charge in [0.05, 0.1) is 26.7 Å². The molecule has 0 N–H and O–H groups in total. The van der Waals surface area contributed by atoms with Crippen molar-refractivity contribution in [1.82, 2.24) is 14.7 Å². The van der Waals surface area contributed by atoms with Gasteiger partial charge in [-0.1, -0.05) is 24.3 Å². The van der Waals surface area contributed by atoms with Crippen LogP contribution in [0, 0.1) is 5.82 Å². The van der Waals surface area contributed by atoms with Gasteiger partial charge in [-0.25, -0.2) is 9.18 Å². The van der Waals surface area contributed by atoms with Crippen molar-refractivity contribution in [1.29, 1.82) is 0 Å². The van der Waals surface area contributed by atoms with Crippen molar-refractivity contribution in [2.24, 2.45) is 0 Å². The third-order valence-electron chi connectivity index (χ3n) is 6.39. The first kappa shape index (κ1) is 33.2. The summed E-state index contributed by atoms with van der Waals surface area (Å²) in [5.74, 6) is -1.26. The first-order chi connectivity index (χ1) is 16.8. The molecule has 3 rings (SSSR count). The molecule has 1 aromatic rings. The van der Waals surface area contributed by atoms with E-state index in [2.05, 4.69) is 6.08 Å². The Hall–Kier alpha value is -1.85. The zero-order valence-electron chi connectivity index (χ0n) is 21.1. The second-order valence-corrected chi connectivity index (χ2v) is 9.30. The number of nitrogens with zero attached hydrogens (tertiary/aromatic N) is 3. The molecule has 2 aliphatic heterocycles. The number of esters is 2. The van der Waals surface area contributed by atoms with Crippen molar-refractivity contribution in [3.8, 4) is 0 Å². The molecular formula is C25H36Cl2FN3O5S. The Morgan fingerprint density at radius 1 is 1.19 bits per heavy atom. The number of benzene rings is 1. The van der Waals surface area contributed by atoms with E-state index >= 15 is 0 Å². The fourth-order valence-corrected chi connectivity index (χ4v) is 4.75. The van der Waals surface area contributed by atoms with Gasteiger partial charge in [0, 0.05) is 50.1 Å². The molecule has 0 radical (unpaired) electrons. The van der Waals surface area contributed by atoms with Gasteiger partial charge in [-0.15, -0.1) is 24.8 Å². The Kier molecular flexibility index (Phi) is 14.5. The average Bonchev–Trinajstić information content (AvgIpc) is 2.85. The number of hydrogen-bond acceptors (Lipinski definition) is 8. The zero-order valence-corrected chi connectivity index (χ0v) is 23.7. The number of carbonyl (C=O) groups is 3. The number of carbonyl (C=O) groups excluding carboxylic acids is 3. The molecule has 0 aliphatic carbocycles. The molecule has 2 atom stereocenters.